The van der Waals surface area contributed by atoms with Crippen LogP contribution < -0.4 is 10.1 Å². The van der Waals surface area contributed by atoms with Crippen molar-refractivity contribution in [1.82, 2.24) is 0 Å². The first kappa shape index (κ1) is 18.9. The summed E-state index contributed by atoms with van der Waals surface area (Å²) in [7, 11) is 1.56. The maximum Gasteiger partial charge on any atom is 0.306 e. The number of para-hydroxylation sites is 1. The minimum Gasteiger partial charge on any atom is -0.496 e. The molecule has 0 aliphatic carbocycles. The molecule has 25 heavy (non-hydrogen) atoms. The molecule has 0 atom stereocenters. The molecule has 0 aliphatic heterocycles. The Morgan fingerprint density at radius 2 is 1.96 bits per heavy atom. The van der Waals surface area contributed by atoms with E-state index in [1.807, 2.05) is 18.2 Å². The van der Waals surface area contributed by atoms with E-state index in [-0.39, 0.29) is 12.1 Å². The number of carbonyl (C=O) groups excluding carboxylic acids is 2. The number of ether oxygens (including phenoxy) is 2. The summed E-state index contributed by atoms with van der Waals surface area (Å²) in [5.41, 5.74) is 0.904. The molecule has 0 bridgehead atoms. The van der Waals surface area contributed by atoms with Gasteiger partial charge in [-0.15, -0.1) is 0 Å². The smallest absolute Gasteiger partial charge is 0.306 e. The van der Waals surface area contributed by atoms with Gasteiger partial charge in [-0.05, 0) is 36.2 Å². The second-order valence-electron chi connectivity index (χ2n) is 5.14. The first-order chi connectivity index (χ1) is 12.0. The highest BCUT2D eigenvalue weighted by Crippen LogP contribution is 2.20. The molecule has 1 N–H and O–H groups in total. The number of nitrogens with one attached hydrogen (secondary N) is 1. The summed E-state index contributed by atoms with van der Waals surface area (Å²) in [5, 5.41) is 2.35. The Morgan fingerprint density at radius 3 is 2.68 bits per heavy atom. The van der Waals surface area contributed by atoms with Crippen molar-refractivity contribution in [1.29, 1.82) is 0 Å². The minimum atomic E-state index is -0.605. The molecule has 5 nitrogen and oxygen atoms in total. The number of benzene rings is 2. The van der Waals surface area contributed by atoms with Crippen LogP contribution in [-0.2, 0) is 20.7 Å². The van der Waals surface area contributed by atoms with Crippen molar-refractivity contribution in [2.24, 2.45) is 0 Å². The molecule has 1 amide bonds. The van der Waals surface area contributed by atoms with Gasteiger partial charge < -0.3 is 14.8 Å². The molecular weight excluding hydrogens is 393 g/mol. The number of halogens is 2. The fourth-order valence-corrected chi connectivity index (χ4v) is 2.47. The van der Waals surface area contributed by atoms with Crippen LogP contribution in [0.15, 0.2) is 46.9 Å². The summed E-state index contributed by atoms with van der Waals surface area (Å²) >= 11 is 3.13. The van der Waals surface area contributed by atoms with E-state index in [2.05, 4.69) is 21.2 Å². The van der Waals surface area contributed by atoms with E-state index >= 15 is 0 Å². The molecule has 2 aromatic rings. The molecule has 2 aromatic carbocycles. The maximum atomic E-state index is 13.6. The van der Waals surface area contributed by atoms with Crippen LogP contribution in [0, 0.1) is 5.82 Å². The largest absolute Gasteiger partial charge is 0.496 e. The van der Waals surface area contributed by atoms with E-state index in [0.29, 0.717) is 16.6 Å². The second-order valence-corrected chi connectivity index (χ2v) is 6.06. The topological polar surface area (TPSA) is 64.6 Å². The SMILES string of the molecule is COc1ccccc1CCC(=O)OCC(=O)Nc1ccc(Br)cc1F. The van der Waals surface area contributed by atoms with Crippen LogP contribution in [0.4, 0.5) is 10.1 Å². The standard InChI is InChI=1S/C18H17BrFNO4/c1-24-16-5-3-2-4-12(16)6-9-18(23)25-11-17(22)21-15-8-7-13(19)10-14(15)20/h2-5,7-8,10H,6,9,11H2,1H3,(H,21,22). The Labute approximate surface area is 153 Å². The number of anilines is 1. The van der Waals surface area contributed by atoms with Gasteiger partial charge in [0.15, 0.2) is 6.61 Å². The van der Waals surface area contributed by atoms with E-state index in [9.17, 15) is 14.0 Å². The van der Waals surface area contributed by atoms with Gasteiger partial charge in [-0.2, -0.15) is 0 Å². The molecule has 0 radical (unpaired) electrons. The second kappa shape index (κ2) is 9.17. The van der Waals surface area contributed by atoms with Crippen molar-refractivity contribution in [3.8, 4) is 5.75 Å². The summed E-state index contributed by atoms with van der Waals surface area (Å²) in [6.07, 6.45) is 0.548. The molecule has 0 unspecified atom stereocenters. The highest BCUT2D eigenvalue weighted by atomic mass is 79.9. The Bertz CT molecular complexity index is 766. The lowest BCUT2D eigenvalue weighted by molar-refractivity contribution is -0.147. The molecule has 0 saturated carbocycles. The van der Waals surface area contributed by atoms with E-state index in [4.69, 9.17) is 9.47 Å². The van der Waals surface area contributed by atoms with E-state index in [1.54, 1.807) is 19.2 Å². The molecule has 0 aromatic heterocycles. The van der Waals surface area contributed by atoms with Crippen molar-refractivity contribution >= 4 is 33.5 Å². The third-order valence-electron chi connectivity index (χ3n) is 3.36. The third-order valence-corrected chi connectivity index (χ3v) is 3.85. The van der Waals surface area contributed by atoms with Crippen molar-refractivity contribution in [2.75, 3.05) is 19.0 Å². The van der Waals surface area contributed by atoms with Gasteiger partial charge in [0.1, 0.15) is 11.6 Å². The lowest BCUT2D eigenvalue weighted by Gasteiger charge is -2.09. The van der Waals surface area contributed by atoms with Crippen LogP contribution in [0.1, 0.15) is 12.0 Å². The molecule has 0 saturated heterocycles. The van der Waals surface area contributed by atoms with Gasteiger partial charge in [0.25, 0.3) is 5.91 Å². The normalized spacial score (nSPS) is 10.2. The molecule has 0 spiro atoms. The van der Waals surface area contributed by atoms with Gasteiger partial charge in [0.05, 0.1) is 12.8 Å². The predicted octanol–water partition coefficient (Wildman–Crippen LogP) is 3.71. The lowest BCUT2D eigenvalue weighted by Crippen LogP contribution is -2.21. The van der Waals surface area contributed by atoms with Crippen LogP contribution in [0.3, 0.4) is 0 Å². The highest BCUT2D eigenvalue weighted by molar-refractivity contribution is 9.10. The van der Waals surface area contributed by atoms with Gasteiger partial charge in [-0.3, -0.25) is 9.59 Å². The molecule has 7 heteroatoms. The number of hydrogen-bond donors (Lipinski definition) is 1. The molecule has 0 aliphatic rings. The summed E-state index contributed by atoms with van der Waals surface area (Å²) in [6, 6.07) is 11.6. The van der Waals surface area contributed by atoms with Crippen LogP contribution in [0.25, 0.3) is 0 Å². The van der Waals surface area contributed by atoms with Crippen molar-refractivity contribution in [3.63, 3.8) is 0 Å². The monoisotopic (exact) mass is 409 g/mol. The Balaban J connectivity index is 1.78. The number of esters is 1. The third kappa shape index (κ3) is 5.86. The average molecular weight is 410 g/mol. The lowest BCUT2D eigenvalue weighted by atomic mass is 10.1. The van der Waals surface area contributed by atoms with E-state index in [0.717, 1.165) is 5.56 Å². The summed E-state index contributed by atoms with van der Waals surface area (Å²) in [5.74, 6) is -1.01. The highest BCUT2D eigenvalue weighted by Gasteiger charge is 2.11. The Hall–Kier alpha value is -2.41. The van der Waals surface area contributed by atoms with Crippen LogP contribution in [0.2, 0.25) is 0 Å². The number of carbonyl (C=O) groups is 2. The molecule has 2 rings (SSSR count). The Kier molecular flexibility index (Phi) is 6.94. The zero-order valence-electron chi connectivity index (χ0n) is 13.6. The fourth-order valence-electron chi connectivity index (χ4n) is 2.14. The number of methoxy groups -OCH3 is 1. The molecule has 0 heterocycles. The van der Waals surface area contributed by atoms with Crippen molar-refractivity contribution < 1.29 is 23.5 Å². The zero-order valence-corrected chi connectivity index (χ0v) is 15.1. The fraction of sp³-hybridized carbons (Fsp3) is 0.222. The molecule has 132 valence electrons. The van der Waals surface area contributed by atoms with Crippen LogP contribution in [0.5, 0.6) is 5.75 Å². The van der Waals surface area contributed by atoms with Gasteiger partial charge in [-0.25, -0.2) is 4.39 Å². The first-order valence-electron chi connectivity index (χ1n) is 7.52. The first-order valence-corrected chi connectivity index (χ1v) is 8.31. The zero-order chi connectivity index (χ0) is 18.2. The van der Waals surface area contributed by atoms with Gasteiger partial charge in [0.2, 0.25) is 0 Å². The van der Waals surface area contributed by atoms with Crippen molar-refractivity contribution in [2.45, 2.75) is 12.8 Å². The quantitative estimate of drug-likeness (QED) is 0.707. The summed E-state index contributed by atoms with van der Waals surface area (Å²) in [4.78, 5) is 23.5. The van der Waals surface area contributed by atoms with Crippen LogP contribution in [-0.4, -0.2) is 25.6 Å². The number of hydrogen-bond acceptors (Lipinski definition) is 4. The Morgan fingerprint density at radius 1 is 1.20 bits per heavy atom. The predicted molar refractivity (Wildman–Crippen MR) is 95.0 cm³/mol. The van der Waals surface area contributed by atoms with Crippen LogP contribution >= 0.6 is 15.9 Å². The summed E-state index contributed by atoms with van der Waals surface area (Å²) < 4.78 is 24.3. The van der Waals surface area contributed by atoms with Gasteiger partial charge in [-0.1, -0.05) is 34.1 Å². The van der Waals surface area contributed by atoms with E-state index in [1.165, 1.54) is 12.1 Å². The van der Waals surface area contributed by atoms with Gasteiger partial charge >= 0.3 is 5.97 Å². The maximum absolute atomic E-state index is 13.6. The van der Waals surface area contributed by atoms with Crippen molar-refractivity contribution in [3.05, 3.63) is 58.3 Å². The molecule has 0 fully saturated rings. The number of aryl methyl sites for hydroxylation is 1. The average Bonchev–Trinajstić information content (AvgIpc) is 2.60. The summed E-state index contributed by atoms with van der Waals surface area (Å²) in [6.45, 7) is -0.472. The van der Waals surface area contributed by atoms with Gasteiger partial charge in [0, 0.05) is 10.9 Å². The van der Waals surface area contributed by atoms with E-state index < -0.39 is 24.3 Å². The minimum absolute atomic E-state index is 0.0262. The molecular formula is C18H17BrFNO4. The number of amides is 1. The number of rotatable bonds is 7.